The highest BCUT2D eigenvalue weighted by molar-refractivity contribution is 5.88. The van der Waals surface area contributed by atoms with Crippen molar-refractivity contribution in [3.05, 3.63) is 35.6 Å². The summed E-state index contributed by atoms with van der Waals surface area (Å²) in [4.78, 5) is 4.57. The van der Waals surface area contributed by atoms with Crippen molar-refractivity contribution in [2.45, 2.75) is 26.9 Å². The molecule has 1 heterocycles. The van der Waals surface area contributed by atoms with Gasteiger partial charge in [-0.3, -0.25) is 4.99 Å². The average molecular weight is 264 g/mol. The van der Waals surface area contributed by atoms with Crippen LogP contribution in [0.4, 0.5) is 4.39 Å². The molecule has 1 aliphatic rings. The zero-order chi connectivity index (χ0) is 13.9. The van der Waals surface area contributed by atoms with Crippen LogP contribution in [0.5, 0.6) is 0 Å². The number of amidine groups is 1. The molecule has 0 bridgehead atoms. The number of rotatable bonds is 4. The van der Waals surface area contributed by atoms with E-state index in [1.54, 1.807) is 6.07 Å². The first kappa shape index (κ1) is 14.0. The summed E-state index contributed by atoms with van der Waals surface area (Å²) < 4.78 is 19.1. The Morgan fingerprint density at radius 3 is 2.84 bits per heavy atom. The lowest BCUT2D eigenvalue weighted by Crippen LogP contribution is -2.43. The smallest absolute Gasteiger partial charge is 0.139 e. The number of benzene rings is 1. The third kappa shape index (κ3) is 3.53. The van der Waals surface area contributed by atoms with E-state index < -0.39 is 0 Å². The normalized spacial score (nSPS) is 19.5. The molecule has 1 aliphatic heterocycles. The van der Waals surface area contributed by atoms with Crippen LogP contribution >= 0.6 is 0 Å². The van der Waals surface area contributed by atoms with Crippen molar-refractivity contribution in [2.24, 2.45) is 10.4 Å². The Morgan fingerprint density at radius 1 is 1.47 bits per heavy atom. The fourth-order valence-electron chi connectivity index (χ4n) is 2.09. The quantitative estimate of drug-likeness (QED) is 0.907. The Balaban J connectivity index is 2.24. The molecule has 0 fully saturated rings. The number of ether oxygens (including phenoxy) is 1. The van der Waals surface area contributed by atoms with E-state index in [2.05, 4.69) is 24.2 Å². The van der Waals surface area contributed by atoms with E-state index in [-0.39, 0.29) is 17.3 Å². The molecular formula is C15H21FN2O. The molecule has 0 aliphatic carbocycles. The van der Waals surface area contributed by atoms with Crippen LogP contribution < -0.4 is 5.32 Å². The van der Waals surface area contributed by atoms with Gasteiger partial charge in [-0.15, -0.1) is 0 Å². The van der Waals surface area contributed by atoms with E-state index in [9.17, 15) is 4.39 Å². The second-order valence-corrected chi connectivity index (χ2v) is 5.61. The molecular weight excluding hydrogens is 243 g/mol. The van der Waals surface area contributed by atoms with Crippen LogP contribution in [-0.4, -0.2) is 25.5 Å². The summed E-state index contributed by atoms with van der Waals surface area (Å²) >= 11 is 0. The molecule has 0 radical (unpaired) electrons. The van der Waals surface area contributed by atoms with Gasteiger partial charge in [0.15, 0.2) is 0 Å². The van der Waals surface area contributed by atoms with Crippen LogP contribution in [-0.2, 0) is 4.74 Å². The van der Waals surface area contributed by atoms with Crippen molar-refractivity contribution in [3.8, 4) is 0 Å². The van der Waals surface area contributed by atoms with Crippen LogP contribution in [0.3, 0.4) is 0 Å². The van der Waals surface area contributed by atoms with Crippen molar-refractivity contribution in [1.29, 1.82) is 0 Å². The summed E-state index contributed by atoms with van der Waals surface area (Å²) in [6.07, 6.45) is -0.309. The number of halogens is 1. The van der Waals surface area contributed by atoms with Gasteiger partial charge in [-0.1, -0.05) is 26.0 Å². The van der Waals surface area contributed by atoms with Crippen molar-refractivity contribution < 1.29 is 9.13 Å². The molecule has 0 saturated carbocycles. The van der Waals surface area contributed by atoms with Gasteiger partial charge in [0.25, 0.3) is 0 Å². The van der Waals surface area contributed by atoms with Crippen LogP contribution in [0.1, 0.15) is 32.4 Å². The Hall–Kier alpha value is -1.42. The SMILES string of the molecule is CCO[C@H](C1=NCC(C)(C)CN1)c1cccc(F)c1. The molecule has 19 heavy (non-hydrogen) atoms. The molecule has 0 unspecified atom stereocenters. The number of aliphatic imine (C=N–C) groups is 1. The monoisotopic (exact) mass is 264 g/mol. The summed E-state index contributed by atoms with van der Waals surface area (Å²) in [6, 6.07) is 6.51. The topological polar surface area (TPSA) is 33.6 Å². The summed E-state index contributed by atoms with van der Waals surface area (Å²) in [5.74, 6) is 0.547. The summed E-state index contributed by atoms with van der Waals surface area (Å²) in [6.45, 7) is 8.43. The van der Waals surface area contributed by atoms with Crippen molar-refractivity contribution in [1.82, 2.24) is 5.32 Å². The largest absolute Gasteiger partial charge is 0.371 e. The van der Waals surface area contributed by atoms with Crippen molar-refractivity contribution >= 4 is 5.84 Å². The number of nitrogens with zero attached hydrogens (tertiary/aromatic N) is 1. The highest BCUT2D eigenvalue weighted by Crippen LogP contribution is 2.24. The molecule has 0 amide bonds. The second kappa shape index (κ2) is 5.70. The minimum Gasteiger partial charge on any atom is -0.371 e. The zero-order valence-corrected chi connectivity index (χ0v) is 11.7. The van der Waals surface area contributed by atoms with Crippen LogP contribution in [0, 0.1) is 11.2 Å². The fourth-order valence-corrected chi connectivity index (χ4v) is 2.09. The molecule has 104 valence electrons. The molecule has 4 heteroatoms. The Bertz CT molecular complexity index is 471. The van der Waals surface area contributed by atoms with Crippen LogP contribution in [0.25, 0.3) is 0 Å². The number of nitrogens with one attached hydrogen (secondary N) is 1. The Morgan fingerprint density at radius 2 is 2.26 bits per heavy atom. The molecule has 1 aromatic carbocycles. The number of hydrogen-bond acceptors (Lipinski definition) is 3. The van der Waals surface area contributed by atoms with Gasteiger partial charge in [-0.2, -0.15) is 0 Å². The maximum Gasteiger partial charge on any atom is 0.139 e. The van der Waals surface area contributed by atoms with Gasteiger partial charge in [0.1, 0.15) is 17.8 Å². The fraction of sp³-hybridized carbons (Fsp3) is 0.533. The summed E-state index contributed by atoms with van der Waals surface area (Å²) in [7, 11) is 0. The maximum atomic E-state index is 13.3. The minimum absolute atomic E-state index is 0.155. The Kier molecular flexibility index (Phi) is 4.20. The van der Waals surface area contributed by atoms with Crippen molar-refractivity contribution in [2.75, 3.05) is 19.7 Å². The van der Waals surface area contributed by atoms with Crippen molar-refractivity contribution in [3.63, 3.8) is 0 Å². The number of hydrogen-bond donors (Lipinski definition) is 1. The predicted octanol–water partition coefficient (Wildman–Crippen LogP) is 2.93. The van der Waals surface area contributed by atoms with Crippen LogP contribution in [0.15, 0.2) is 29.3 Å². The lowest BCUT2D eigenvalue weighted by molar-refractivity contribution is 0.105. The molecule has 2 rings (SSSR count). The van der Waals surface area contributed by atoms with E-state index in [4.69, 9.17) is 4.74 Å². The molecule has 0 aromatic heterocycles. The third-order valence-electron chi connectivity index (χ3n) is 3.16. The molecule has 0 saturated heterocycles. The van der Waals surface area contributed by atoms with Gasteiger partial charge in [0, 0.05) is 25.1 Å². The first-order valence-electron chi connectivity index (χ1n) is 6.67. The highest BCUT2D eigenvalue weighted by atomic mass is 19.1. The summed E-state index contributed by atoms with van der Waals surface area (Å²) in [5.41, 5.74) is 0.954. The lowest BCUT2D eigenvalue weighted by atomic mass is 9.92. The zero-order valence-electron chi connectivity index (χ0n) is 11.7. The van der Waals surface area contributed by atoms with Gasteiger partial charge < -0.3 is 10.1 Å². The van der Waals surface area contributed by atoms with E-state index in [0.29, 0.717) is 6.61 Å². The van der Waals surface area contributed by atoms with Gasteiger partial charge in [0.2, 0.25) is 0 Å². The van der Waals surface area contributed by atoms with E-state index in [0.717, 1.165) is 24.5 Å². The van der Waals surface area contributed by atoms with Gasteiger partial charge >= 0.3 is 0 Å². The molecule has 1 aromatic rings. The maximum absolute atomic E-state index is 13.3. The molecule has 0 spiro atoms. The van der Waals surface area contributed by atoms with Gasteiger partial charge in [-0.25, -0.2) is 4.39 Å². The van der Waals surface area contributed by atoms with Gasteiger partial charge in [-0.05, 0) is 24.6 Å². The molecule has 1 N–H and O–H groups in total. The van der Waals surface area contributed by atoms with E-state index in [1.165, 1.54) is 12.1 Å². The average Bonchev–Trinajstić information content (AvgIpc) is 2.36. The first-order valence-corrected chi connectivity index (χ1v) is 6.67. The molecule has 3 nitrogen and oxygen atoms in total. The third-order valence-corrected chi connectivity index (χ3v) is 3.16. The molecule has 1 atom stereocenters. The van der Waals surface area contributed by atoms with Crippen LogP contribution in [0.2, 0.25) is 0 Å². The van der Waals surface area contributed by atoms with E-state index >= 15 is 0 Å². The Labute approximate surface area is 113 Å². The van der Waals surface area contributed by atoms with Gasteiger partial charge in [0.05, 0.1) is 0 Å². The summed E-state index contributed by atoms with van der Waals surface area (Å²) in [5, 5.41) is 3.31. The lowest BCUT2D eigenvalue weighted by Gasteiger charge is -2.32. The van der Waals surface area contributed by atoms with E-state index in [1.807, 2.05) is 13.0 Å². The predicted molar refractivity (Wildman–Crippen MR) is 74.9 cm³/mol. The highest BCUT2D eigenvalue weighted by Gasteiger charge is 2.27. The minimum atomic E-state index is -0.309. The standard InChI is InChI=1S/C15H21FN2O/c1-4-19-13(11-6-5-7-12(16)8-11)14-17-9-15(2,3)10-18-14/h5-8,13H,4,9-10H2,1-3H3,(H,17,18)/t13-/m0/s1. The second-order valence-electron chi connectivity index (χ2n) is 5.61. The first-order chi connectivity index (χ1) is 9.02.